The number of rotatable bonds is 6. The predicted molar refractivity (Wildman–Crippen MR) is 80.5 cm³/mol. The molecule has 5 nitrogen and oxygen atoms in total. The molecular weight excluding hydrogens is 270 g/mol. The van der Waals surface area contributed by atoms with Crippen molar-refractivity contribution in [2.45, 2.75) is 6.92 Å². The molecule has 0 aromatic heterocycles. The van der Waals surface area contributed by atoms with Gasteiger partial charge < -0.3 is 9.47 Å². The Labute approximate surface area is 125 Å². The van der Waals surface area contributed by atoms with E-state index in [4.69, 9.17) is 9.47 Å². The van der Waals surface area contributed by atoms with Crippen molar-refractivity contribution < 1.29 is 19.1 Å². The van der Waals surface area contributed by atoms with E-state index in [0.29, 0.717) is 19.6 Å². The van der Waals surface area contributed by atoms with Crippen LogP contribution in [-0.2, 0) is 19.1 Å². The van der Waals surface area contributed by atoms with Crippen LogP contribution >= 0.6 is 0 Å². The fraction of sp³-hybridized carbons (Fsp3) is 0.500. The largest absolute Gasteiger partial charge is 0.469 e. The molecule has 2 unspecified atom stereocenters. The third-order valence-electron chi connectivity index (χ3n) is 3.63. The highest BCUT2D eigenvalue weighted by molar-refractivity contribution is 5.83. The maximum atomic E-state index is 11.8. The van der Waals surface area contributed by atoms with Crippen molar-refractivity contribution in [1.29, 1.82) is 0 Å². The summed E-state index contributed by atoms with van der Waals surface area (Å²) in [6, 6.07) is 0. The monoisotopic (exact) mass is 293 g/mol. The lowest BCUT2D eigenvalue weighted by atomic mass is 9.96. The lowest BCUT2D eigenvalue weighted by molar-refractivity contribution is -0.155. The maximum absolute atomic E-state index is 11.8. The van der Waals surface area contributed by atoms with Gasteiger partial charge in [0.15, 0.2) is 0 Å². The molecular formula is C16H23NO4. The Morgan fingerprint density at radius 2 is 1.71 bits per heavy atom. The van der Waals surface area contributed by atoms with Gasteiger partial charge in [0.25, 0.3) is 0 Å². The summed E-state index contributed by atoms with van der Waals surface area (Å²) in [5.41, 5.74) is 1.10. The molecule has 0 spiro atoms. The van der Waals surface area contributed by atoms with Crippen molar-refractivity contribution >= 4 is 11.9 Å². The first-order valence-electron chi connectivity index (χ1n) is 6.89. The fourth-order valence-corrected chi connectivity index (χ4v) is 2.48. The van der Waals surface area contributed by atoms with E-state index in [9.17, 15) is 9.59 Å². The second kappa shape index (κ2) is 8.42. The van der Waals surface area contributed by atoms with E-state index in [1.807, 2.05) is 25.2 Å². The SMILES string of the molecule is C=CC=CC(=CC)CN1CC(C(=O)OC)C(C(=O)OC)C1. The number of carbonyl (C=O) groups excluding carboxylic acids is 2. The van der Waals surface area contributed by atoms with Crippen molar-refractivity contribution in [2.75, 3.05) is 33.9 Å². The van der Waals surface area contributed by atoms with Gasteiger partial charge in [-0.25, -0.2) is 0 Å². The highest BCUT2D eigenvalue weighted by Gasteiger charge is 2.43. The molecule has 0 saturated carbocycles. The van der Waals surface area contributed by atoms with Gasteiger partial charge in [-0.3, -0.25) is 14.5 Å². The standard InChI is InChI=1S/C16H23NO4/c1-5-7-8-12(6-2)9-17-10-13(15(18)20-3)14(11-17)16(19)21-4/h5-8,13-14H,1,9-11H2,2-4H3. The van der Waals surface area contributed by atoms with E-state index >= 15 is 0 Å². The highest BCUT2D eigenvalue weighted by atomic mass is 16.5. The zero-order chi connectivity index (χ0) is 15.8. The molecule has 1 saturated heterocycles. The third kappa shape index (κ3) is 4.56. The highest BCUT2D eigenvalue weighted by Crippen LogP contribution is 2.26. The number of methoxy groups -OCH3 is 2. The Morgan fingerprint density at radius 1 is 1.19 bits per heavy atom. The number of allylic oxidation sites excluding steroid dienone is 3. The van der Waals surface area contributed by atoms with Crippen molar-refractivity contribution in [2.24, 2.45) is 11.8 Å². The quantitative estimate of drug-likeness (QED) is 0.549. The zero-order valence-corrected chi connectivity index (χ0v) is 12.9. The van der Waals surface area contributed by atoms with Crippen LogP contribution in [0.5, 0.6) is 0 Å². The molecule has 116 valence electrons. The first-order valence-corrected chi connectivity index (χ1v) is 6.89. The Morgan fingerprint density at radius 3 is 2.10 bits per heavy atom. The summed E-state index contributed by atoms with van der Waals surface area (Å²) < 4.78 is 9.58. The van der Waals surface area contributed by atoms with Crippen LogP contribution in [0.4, 0.5) is 0 Å². The number of ether oxygens (including phenoxy) is 2. The second-order valence-corrected chi connectivity index (χ2v) is 4.91. The summed E-state index contributed by atoms with van der Waals surface area (Å²) in [5, 5.41) is 0. The first kappa shape index (κ1) is 17.2. The van der Waals surface area contributed by atoms with Crippen molar-refractivity contribution in [3.8, 4) is 0 Å². The topological polar surface area (TPSA) is 55.8 Å². The van der Waals surface area contributed by atoms with Crippen LogP contribution in [0.3, 0.4) is 0 Å². The van der Waals surface area contributed by atoms with E-state index in [-0.39, 0.29) is 11.9 Å². The molecule has 0 amide bonds. The number of nitrogens with zero attached hydrogens (tertiary/aromatic N) is 1. The zero-order valence-electron chi connectivity index (χ0n) is 12.9. The smallest absolute Gasteiger partial charge is 0.310 e. The van der Waals surface area contributed by atoms with Crippen LogP contribution in [0.15, 0.2) is 36.5 Å². The van der Waals surface area contributed by atoms with Crippen LogP contribution in [0.1, 0.15) is 6.92 Å². The molecule has 0 aromatic carbocycles. The van der Waals surface area contributed by atoms with Gasteiger partial charge in [0.2, 0.25) is 0 Å². The molecule has 1 fully saturated rings. The number of carbonyl (C=O) groups is 2. The van der Waals surface area contributed by atoms with Gasteiger partial charge in [-0.1, -0.05) is 30.9 Å². The summed E-state index contributed by atoms with van der Waals surface area (Å²) in [6.45, 7) is 7.25. The van der Waals surface area contributed by atoms with Crippen molar-refractivity contribution in [1.82, 2.24) is 4.90 Å². The van der Waals surface area contributed by atoms with Gasteiger partial charge in [0, 0.05) is 19.6 Å². The van der Waals surface area contributed by atoms with E-state index in [2.05, 4.69) is 11.5 Å². The Hall–Kier alpha value is -1.88. The number of esters is 2. The molecule has 1 rings (SSSR count). The minimum Gasteiger partial charge on any atom is -0.469 e. The Kier molecular flexibility index (Phi) is 6.88. The molecule has 0 bridgehead atoms. The van der Waals surface area contributed by atoms with Crippen LogP contribution in [0.2, 0.25) is 0 Å². The van der Waals surface area contributed by atoms with Gasteiger partial charge in [-0.05, 0) is 12.5 Å². The van der Waals surface area contributed by atoms with E-state index < -0.39 is 11.8 Å². The van der Waals surface area contributed by atoms with Crippen molar-refractivity contribution in [3.05, 3.63) is 36.5 Å². The average molecular weight is 293 g/mol. The predicted octanol–water partition coefficient (Wildman–Crippen LogP) is 1.57. The number of hydrogen-bond acceptors (Lipinski definition) is 5. The molecule has 21 heavy (non-hydrogen) atoms. The fourth-order valence-electron chi connectivity index (χ4n) is 2.48. The van der Waals surface area contributed by atoms with Gasteiger partial charge in [-0.15, -0.1) is 0 Å². The molecule has 1 heterocycles. The second-order valence-electron chi connectivity index (χ2n) is 4.91. The van der Waals surface area contributed by atoms with Gasteiger partial charge in [0.1, 0.15) is 0 Å². The Balaban J connectivity index is 2.79. The molecule has 0 N–H and O–H groups in total. The summed E-state index contributed by atoms with van der Waals surface area (Å²) in [6.07, 6.45) is 7.53. The number of hydrogen-bond donors (Lipinski definition) is 0. The van der Waals surface area contributed by atoms with E-state index in [0.717, 1.165) is 5.57 Å². The summed E-state index contributed by atoms with van der Waals surface area (Å²) in [5.74, 6) is -1.67. The molecule has 0 aliphatic carbocycles. The van der Waals surface area contributed by atoms with Crippen LogP contribution < -0.4 is 0 Å². The molecule has 2 atom stereocenters. The van der Waals surface area contributed by atoms with Crippen LogP contribution in [0.25, 0.3) is 0 Å². The lowest BCUT2D eigenvalue weighted by Crippen LogP contribution is -2.30. The van der Waals surface area contributed by atoms with Crippen molar-refractivity contribution in [3.63, 3.8) is 0 Å². The van der Waals surface area contributed by atoms with Crippen LogP contribution in [-0.4, -0.2) is 50.7 Å². The maximum Gasteiger partial charge on any atom is 0.310 e. The van der Waals surface area contributed by atoms with Gasteiger partial charge >= 0.3 is 11.9 Å². The minimum atomic E-state index is -0.469. The molecule has 0 radical (unpaired) electrons. The molecule has 1 aliphatic heterocycles. The van der Waals surface area contributed by atoms with E-state index in [1.54, 1.807) is 6.08 Å². The summed E-state index contributed by atoms with van der Waals surface area (Å²) in [7, 11) is 2.67. The normalized spacial score (nSPS) is 23.3. The number of likely N-dealkylation sites (tertiary alicyclic amines) is 1. The molecule has 0 aromatic rings. The minimum absolute atomic E-state index is 0.364. The average Bonchev–Trinajstić information content (AvgIpc) is 2.93. The first-order chi connectivity index (χ1) is 10.1. The van der Waals surface area contributed by atoms with Crippen LogP contribution in [0, 0.1) is 11.8 Å². The molecule has 5 heteroatoms. The van der Waals surface area contributed by atoms with Gasteiger partial charge in [-0.2, -0.15) is 0 Å². The summed E-state index contributed by atoms with van der Waals surface area (Å²) >= 11 is 0. The Bertz CT molecular complexity index is 429. The molecule has 1 aliphatic rings. The summed E-state index contributed by atoms with van der Waals surface area (Å²) in [4.78, 5) is 25.7. The third-order valence-corrected chi connectivity index (χ3v) is 3.63. The van der Waals surface area contributed by atoms with Gasteiger partial charge in [0.05, 0.1) is 26.1 Å². The van der Waals surface area contributed by atoms with E-state index in [1.165, 1.54) is 14.2 Å². The lowest BCUT2D eigenvalue weighted by Gasteiger charge is -2.15.